The lowest BCUT2D eigenvalue weighted by atomic mass is 10.2. The summed E-state index contributed by atoms with van der Waals surface area (Å²) in [6, 6.07) is 9.32. The topological polar surface area (TPSA) is 72.8 Å². The van der Waals surface area contributed by atoms with E-state index in [1.54, 1.807) is 0 Å². The van der Waals surface area contributed by atoms with Crippen LogP contribution in [0.3, 0.4) is 0 Å². The molecule has 1 aliphatic rings. The fourth-order valence-electron chi connectivity index (χ4n) is 1.82. The minimum Gasteiger partial charge on any atom is -0.388 e. The second kappa shape index (κ2) is 5.16. The summed E-state index contributed by atoms with van der Waals surface area (Å²) in [4.78, 5) is 13.1. The Bertz CT molecular complexity index is 373. The molecular formula is C12H16N2O3. The summed E-state index contributed by atoms with van der Waals surface area (Å²) in [7, 11) is 0. The van der Waals surface area contributed by atoms with E-state index < -0.39 is 12.2 Å². The van der Waals surface area contributed by atoms with Gasteiger partial charge in [-0.05, 0) is 5.56 Å². The number of hydrogen-bond acceptors (Lipinski definition) is 3. The number of carbonyl (C=O) groups excluding carboxylic acids is 1. The van der Waals surface area contributed by atoms with Crippen LogP contribution < -0.4 is 5.32 Å². The van der Waals surface area contributed by atoms with E-state index in [4.69, 9.17) is 0 Å². The standard InChI is InChI=1S/C12H16N2O3/c15-10-7-14(8-11(10)16)12(17)13-6-9-4-2-1-3-5-9/h1-5,10-11,15-16H,6-8H2,(H,13,17)/t10-,11+. The molecule has 2 amide bonds. The molecule has 0 radical (unpaired) electrons. The molecule has 17 heavy (non-hydrogen) atoms. The Balaban J connectivity index is 1.82. The van der Waals surface area contributed by atoms with Gasteiger partial charge in [0.1, 0.15) is 0 Å². The van der Waals surface area contributed by atoms with Gasteiger partial charge in [-0.2, -0.15) is 0 Å². The minimum atomic E-state index is -0.836. The maximum atomic E-state index is 11.7. The van der Waals surface area contributed by atoms with Crippen molar-refractivity contribution in [2.24, 2.45) is 0 Å². The maximum Gasteiger partial charge on any atom is 0.317 e. The Morgan fingerprint density at radius 3 is 2.41 bits per heavy atom. The smallest absolute Gasteiger partial charge is 0.317 e. The summed E-state index contributed by atoms with van der Waals surface area (Å²) in [5.41, 5.74) is 1.01. The average Bonchev–Trinajstić information content (AvgIpc) is 2.68. The lowest BCUT2D eigenvalue weighted by Crippen LogP contribution is -2.38. The number of aliphatic hydroxyl groups excluding tert-OH is 2. The van der Waals surface area contributed by atoms with Crippen LogP contribution in [0, 0.1) is 0 Å². The zero-order valence-corrected chi connectivity index (χ0v) is 9.41. The number of nitrogens with zero attached hydrogens (tertiary/aromatic N) is 1. The zero-order valence-electron chi connectivity index (χ0n) is 9.41. The van der Waals surface area contributed by atoms with Crippen molar-refractivity contribution in [2.75, 3.05) is 13.1 Å². The molecule has 2 rings (SSSR count). The van der Waals surface area contributed by atoms with Crippen molar-refractivity contribution in [2.45, 2.75) is 18.8 Å². The molecule has 1 aliphatic heterocycles. The summed E-state index contributed by atoms with van der Waals surface area (Å²) >= 11 is 0. The van der Waals surface area contributed by atoms with Crippen LogP contribution >= 0.6 is 0 Å². The molecule has 0 aromatic heterocycles. The number of carbonyl (C=O) groups is 1. The van der Waals surface area contributed by atoms with E-state index in [0.29, 0.717) is 6.54 Å². The molecule has 0 spiro atoms. The molecule has 1 fully saturated rings. The number of amides is 2. The van der Waals surface area contributed by atoms with Gasteiger partial charge < -0.3 is 20.4 Å². The highest BCUT2D eigenvalue weighted by Crippen LogP contribution is 2.10. The molecule has 92 valence electrons. The largest absolute Gasteiger partial charge is 0.388 e. The van der Waals surface area contributed by atoms with Gasteiger partial charge in [0, 0.05) is 6.54 Å². The van der Waals surface area contributed by atoms with Gasteiger partial charge in [0.05, 0.1) is 25.3 Å². The molecule has 0 saturated carbocycles. The molecule has 0 unspecified atom stereocenters. The number of benzene rings is 1. The van der Waals surface area contributed by atoms with Crippen LogP contribution in [0.15, 0.2) is 30.3 Å². The Hall–Kier alpha value is -1.59. The number of likely N-dealkylation sites (tertiary alicyclic amines) is 1. The van der Waals surface area contributed by atoms with E-state index in [1.807, 2.05) is 30.3 Å². The summed E-state index contributed by atoms with van der Waals surface area (Å²) in [5.74, 6) is 0. The van der Waals surface area contributed by atoms with Crippen molar-refractivity contribution in [3.05, 3.63) is 35.9 Å². The van der Waals surface area contributed by atoms with Crippen molar-refractivity contribution in [3.8, 4) is 0 Å². The predicted octanol–water partition coefficient (Wildman–Crippen LogP) is -0.0664. The lowest BCUT2D eigenvalue weighted by molar-refractivity contribution is 0.0572. The van der Waals surface area contributed by atoms with Gasteiger partial charge >= 0.3 is 6.03 Å². The molecule has 1 heterocycles. The van der Waals surface area contributed by atoms with E-state index in [2.05, 4.69) is 5.32 Å². The lowest BCUT2D eigenvalue weighted by Gasteiger charge is -2.16. The van der Waals surface area contributed by atoms with Crippen LogP contribution in [0.25, 0.3) is 0 Å². The van der Waals surface area contributed by atoms with Gasteiger partial charge in [0.25, 0.3) is 0 Å². The number of hydrogen-bond donors (Lipinski definition) is 3. The van der Waals surface area contributed by atoms with E-state index >= 15 is 0 Å². The van der Waals surface area contributed by atoms with Crippen molar-refractivity contribution < 1.29 is 15.0 Å². The monoisotopic (exact) mass is 236 g/mol. The fourth-order valence-corrected chi connectivity index (χ4v) is 1.82. The van der Waals surface area contributed by atoms with Crippen LogP contribution in [-0.4, -0.2) is 46.4 Å². The molecule has 0 bridgehead atoms. The molecule has 0 aliphatic carbocycles. The first kappa shape index (κ1) is 11.9. The number of aliphatic hydroxyl groups is 2. The van der Waals surface area contributed by atoms with Crippen molar-refractivity contribution in [1.82, 2.24) is 10.2 Å². The SMILES string of the molecule is O=C(NCc1ccccc1)N1C[C@@H](O)[C@@H](O)C1. The highest BCUT2D eigenvalue weighted by molar-refractivity contribution is 5.74. The molecule has 3 N–H and O–H groups in total. The minimum absolute atomic E-state index is 0.182. The number of rotatable bonds is 2. The highest BCUT2D eigenvalue weighted by Gasteiger charge is 2.32. The van der Waals surface area contributed by atoms with Crippen molar-refractivity contribution >= 4 is 6.03 Å². The highest BCUT2D eigenvalue weighted by atomic mass is 16.3. The second-order valence-corrected chi connectivity index (χ2v) is 4.18. The summed E-state index contributed by atoms with van der Waals surface area (Å²) in [6.07, 6.45) is -1.67. The maximum absolute atomic E-state index is 11.7. The Labute approximate surface area is 99.7 Å². The van der Waals surface area contributed by atoms with Crippen LogP contribution in [0.2, 0.25) is 0 Å². The van der Waals surface area contributed by atoms with Crippen LogP contribution in [0.5, 0.6) is 0 Å². The molecular weight excluding hydrogens is 220 g/mol. The van der Waals surface area contributed by atoms with E-state index in [1.165, 1.54) is 4.90 Å². The number of urea groups is 1. The van der Waals surface area contributed by atoms with Crippen LogP contribution in [-0.2, 0) is 6.54 Å². The van der Waals surface area contributed by atoms with Gasteiger partial charge in [0.15, 0.2) is 0 Å². The van der Waals surface area contributed by atoms with Gasteiger partial charge in [-0.15, -0.1) is 0 Å². The molecule has 5 nitrogen and oxygen atoms in total. The number of β-amino-alcohol motifs (C(OH)–C–C–N with tert-alkyl or cyclic N) is 2. The van der Waals surface area contributed by atoms with Gasteiger partial charge in [-0.25, -0.2) is 4.79 Å². The molecule has 5 heteroatoms. The molecule has 2 atom stereocenters. The van der Waals surface area contributed by atoms with Crippen LogP contribution in [0.1, 0.15) is 5.56 Å². The summed E-state index contributed by atoms with van der Waals surface area (Å²) < 4.78 is 0. The molecule has 1 aromatic rings. The Morgan fingerprint density at radius 2 is 1.82 bits per heavy atom. The third kappa shape index (κ3) is 2.95. The first-order chi connectivity index (χ1) is 8.16. The Kier molecular flexibility index (Phi) is 3.61. The van der Waals surface area contributed by atoms with Crippen LogP contribution in [0.4, 0.5) is 4.79 Å². The second-order valence-electron chi connectivity index (χ2n) is 4.18. The van der Waals surface area contributed by atoms with Crippen molar-refractivity contribution in [1.29, 1.82) is 0 Å². The van der Waals surface area contributed by atoms with Gasteiger partial charge in [-0.3, -0.25) is 0 Å². The van der Waals surface area contributed by atoms with E-state index in [9.17, 15) is 15.0 Å². The van der Waals surface area contributed by atoms with E-state index in [0.717, 1.165) is 5.56 Å². The summed E-state index contributed by atoms with van der Waals surface area (Å²) in [6.45, 7) is 0.811. The first-order valence-electron chi connectivity index (χ1n) is 5.59. The normalized spacial score (nSPS) is 23.8. The number of nitrogens with one attached hydrogen (secondary N) is 1. The average molecular weight is 236 g/mol. The fraction of sp³-hybridized carbons (Fsp3) is 0.417. The first-order valence-corrected chi connectivity index (χ1v) is 5.59. The van der Waals surface area contributed by atoms with Gasteiger partial charge in [0.2, 0.25) is 0 Å². The predicted molar refractivity (Wildman–Crippen MR) is 62.3 cm³/mol. The quantitative estimate of drug-likeness (QED) is 0.673. The summed E-state index contributed by atoms with van der Waals surface area (Å²) in [5, 5.41) is 21.4. The third-order valence-corrected chi connectivity index (χ3v) is 2.83. The third-order valence-electron chi connectivity index (χ3n) is 2.83. The Morgan fingerprint density at radius 1 is 1.24 bits per heavy atom. The molecule has 1 saturated heterocycles. The van der Waals surface area contributed by atoms with Gasteiger partial charge in [-0.1, -0.05) is 30.3 Å². The van der Waals surface area contributed by atoms with E-state index in [-0.39, 0.29) is 19.1 Å². The zero-order chi connectivity index (χ0) is 12.3. The van der Waals surface area contributed by atoms with Crippen molar-refractivity contribution in [3.63, 3.8) is 0 Å². The molecule has 1 aromatic carbocycles.